The lowest BCUT2D eigenvalue weighted by Gasteiger charge is -2.29. The molecular weight excluding hydrogens is 262 g/mol. The van der Waals surface area contributed by atoms with E-state index in [-0.39, 0.29) is 0 Å². The highest BCUT2D eigenvalue weighted by Crippen LogP contribution is 2.34. The fourth-order valence-corrected chi connectivity index (χ4v) is 4.12. The number of nitrogens with one attached hydrogen (secondary N) is 1. The highest BCUT2D eigenvalue weighted by Gasteiger charge is 2.22. The SMILES string of the molecule is CCCNC1CCCC(Sc2cccc(Cl)c2)C1. The Balaban J connectivity index is 1.85. The van der Waals surface area contributed by atoms with E-state index in [4.69, 9.17) is 11.6 Å². The Morgan fingerprint density at radius 3 is 3.06 bits per heavy atom. The Morgan fingerprint density at radius 1 is 1.39 bits per heavy atom. The van der Waals surface area contributed by atoms with Crippen LogP contribution in [0.15, 0.2) is 29.2 Å². The van der Waals surface area contributed by atoms with Crippen molar-refractivity contribution in [2.24, 2.45) is 0 Å². The Morgan fingerprint density at radius 2 is 2.28 bits per heavy atom. The lowest BCUT2D eigenvalue weighted by atomic mass is 9.95. The molecule has 0 aliphatic heterocycles. The first-order chi connectivity index (χ1) is 8.78. The quantitative estimate of drug-likeness (QED) is 0.837. The van der Waals surface area contributed by atoms with E-state index < -0.39 is 0 Å². The molecular formula is C15H22ClNS. The first kappa shape index (κ1) is 14.2. The average molecular weight is 284 g/mol. The zero-order valence-electron chi connectivity index (χ0n) is 11.0. The molecule has 3 heteroatoms. The summed E-state index contributed by atoms with van der Waals surface area (Å²) in [4.78, 5) is 1.31. The number of hydrogen-bond donors (Lipinski definition) is 1. The first-order valence-corrected chi connectivity index (χ1v) is 8.19. The fourth-order valence-electron chi connectivity index (χ4n) is 2.52. The van der Waals surface area contributed by atoms with Gasteiger partial charge in [0.15, 0.2) is 0 Å². The molecule has 0 spiro atoms. The van der Waals surface area contributed by atoms with Crippen molar-refractivity contribution in [1.29, 1.82) is 0 Å². The maximum Gasteiger partial charge on any atom is 0.0417 e. The summed E-state index contributed by atoms with van der Waals surface area (Å²) in [6.07, 6.45) is 6.54. The van der Waals surface area contributed by atoms with Crippen LogP contribution in [-0.2, 0) is 0 Å². The lowest BCUT2D eigenvalue weighted by Crippen LogP contribution is -2.35. The van der Waals surface area contributed by atoms with Gasteiger partial charge >= 0.3 is 0 Å². The van der Waals surface area contributed by atoms with Crippen molar-refractivity contribution in [3.63, 3.8) is 0 Å². The van der Waals surface area contributed by atoms with Gasteiger partial charge in [0, 0.05) is 21.2 Å². The minimum Gasteiger partial charge on any atom is -0.314 e. The van der Waals surface area contributed by atoms with Gasteiger partial charge in [0.25, 0.3) is 0 Å². The van der Waals surface area contributed by atoms with Crippen molar-refractivity contribution in [2.75, 3.05) is 6.54 Å². The third kappa shape index (κ3) is 4.49. The molecule has 0 amide bonds. The second-order valence-electron chi connectivity index (χ2n) is 5.01. The molecule has 1 aromatic carbocycles. The van der Waals surface area contributed by atoms with Gasteiger partial charge in [0.05, 0.1) is 0 Å². The summed E-state index contributed by atoms with van der Waals surface area (Å²) >= 11 is 8.03. The number of halogens is 1. The van der Waals surface area contributed by atoms with Crippen LogP contribution in [0.2, 0.25) is 5.02 Å². The number of rotatable bonds is 5. The average Bonchev–Trinajstić information content (AvgIpc) is 2.37. The summed E-state index contributed by atoms with van der Waals surface area (Å²) in [7, 11) is 0. The van der Waals surface area contributed by atoms with Crippen LogP contribution in [0.5, 0.6) is 0 Å². The van der Waals surface area contributed by atoms with Gasteiger partial charge in [-0.1, -0.05) is 31.0 Å². The van der Waals surface area contributed by atoms with Gasteiger partial charge in [-0.15, -0.1) is 11.8 Å². The van der Waals surface area contributed by atoms with Crippen LogP contribution in [-0.4, -0.2) is 17.8 Å². The molecule has 2 atom stereocenters. The molecule has 1 saturated carbocycles. The molecule has 1 aliphatic carbocycles. The van der Waals surface area contributed by atoms with Gasteiger partial charge in [-0.25, -0.2) is 0 Å². The summed E-state index contributed by atoms with van der Waals surface area (Å²) in [6.45, 7) is 3.38. The predicted octanol–water partition coefficient (Wildman–Crippen LogP) is 4.74. The fraction of sp³-hybridized carbons (Fsp3) is 0.600. The normalized spacial score (nSPS) is 24.1. The minimum atomic E-state index is 0.718. The van der Waals surface area contributed by atoms with Crippen molar-refractivity contribution >= 4 is 23.4 Å². The maximum atomic E-state index is 6.03. The lowest BCUT2D eigenvalue weighted by molar-refractivity contribution is 0.381. The summed E-state index contributed by atoms with van der Waals surface area (Å²) in [5, 5.41) is 5.25. The Kier molecular flexibility index (Phi) is 5.87. The molecule has 1 aliphatic rings. The molecule has 0 radical (unpaired) electrons. The van der Waals surface area contributed by atoms with Crippen LogP contribution < -0.4 is 5.32 Å². The highest BCUT2D eigenvalue weighted by molar-refractivity contribution is 8.00. The van der Waals surface area contributed by atoms with E-state index >= 15 is 0 Å². The number of benzene rings is 1. The molecule has 2 unspecified atom stereocenters. The molecule has 0 heterocycles. The third-order valence-electron chi connectivity index (χ3n) is 3.41. The molecule has 1 N–H and O–H groups in total. The Labute approximate surface area is 120 Å². The van der Waals surface area contributed by atoms with E-state index in [1.165, 1.54) is 37.0 Å². The largest absolute Gasteiger partial charge is 0.314 e. The van der Waals surface area contributed by atoms with E-state index in [9.17, 15) is 0 Å². The van der Waals surface area contributed by atoms with Crippen molar-refractivity contribution in [3.05, 3.63) is 29.3 Å². The summed E-state index contributed by atoms with van der Waals surface area (Å²) in [5.74, 6) is 0. The molecule has 0 saturated heterocycles. The second kappa shape index (κ2) is 7.42. The van der Waals surface area contributed by atoms with Crippen LogP contribution in [0, 0.1) is 0 Å². The summed E-state index contributed by atoms with van der Waals surface area (Å²) < 4.78 is 0. The van der Waals surface area contributed by atoms with Crippen molar-refractivity contribution in [3.8, 4) is 0 Å². The van der Waals surface area contributed by atoms with Gasteiger partial charge < -0.3 is 5.32 Å². The van der Waals surface area contributed by atoms with Gasteiger partial charge in [0.2, 0.25) is 0 Å². The number of hydrogen-bond acceptors (Lipinski definition) is 2. The topological polar surface area (TPSA) is 12.0 Å². The second-order valence-corrected chi connectivity index (χ2v) is 6.83. The number of thioether (sulfide) groups is 1. The van der Waals surface area contributed by atoms with E-state index in [1.54, 1.807) is 0 Å². The van der Waals surface area contributed by atoms with Crippen LogP contribution in [0.25, 0.3) is 0 Å². The molecule has 0 aromatic heterocycles. The maximum absolute atomic E-state index is 6.03. The minimum absolute atomic E-state index is 0.718. The summed E-state index contributed by atoms with van der Waals surface area (Å²) in [5.41, 5.74) is 0. The van der Waals surface area contributed by atoms with Crippen molar-refractivity contribution in [1.82, 2.24) is 5.32 Å². The molecule has 100 valence electrons. The van der Waals surface area contributed by atoms with E-state index in [0.29, 0.717) is 0 Å². The molecule has 1 fully saturated rings. The van der Waals surface area contributed by atoms with Crippen LogP contribution in [0.3, 0.4) is 0 Å². The van der Waals surface area contributed by atoms with Crippen LogP contribution in [0.4, 0.5) is 0 Å². The van der Waals surface area contributed by atoms with Crippen molar-refractivity contribution < 1.29 is 0 Å². The van der Waals surface area contributed by atoms with Gasteiger partial charge in [-0.05, 0) is 50.4 Å². The van der Waals surface area contributed by atoms with Gasteiger partial charge in [0.1, 0.15) is 0 Å². The first-order valence-electron chi connectivity index (χ1n) is 6.93. The monoisotopic (exact) mass is 283 g/mol. The predicted molar refractivity (Wildman–Crippen MR) is 81.6 cm³/mol. The van der Waals surface area contributed by atoms with E-state index in [1.807, 2.05) is 23.9 Å². The molecule has 2 rings (SSSR count). The van der Waals surface area contributed by atoms with Crippen LogP contribution in [0.1, 0.15) is 39.0 Å². The molecule has 1 aromatic rings. The molecule has 0 bridgehead atoms. The zero-order chi connectivity index (χ0) is 12.8. The third-order valence-corrected chi connectivity index (χ3v) is 4.93. The van der Waals surface area contributed by atoms with Gasteiger partial charge in [-0.3, -0.25) is 0 Å². The molecule has 1 nitrogen and oxygen atoms in total. The Bertz CT molecular complexity index is 369. The highest BCUT2D eigenvalue weighted by atomic mass is 35.5. The van der Waals surface area contributed by atoms with Crippen LogP contribution >= 0.6 is 23.4 Å². The molecule has 18 heavy (non-hydrogen) atoms. The summed E-state index contributed by atoms with van der Waals surface area (Å²) in [6, 6.07) is 8.95. The van der Waals surface area contributed by atoms with Crippen molar-refractivity contribution in [2.45, 2.75) is 55.2 Å². The van der Waals surface area contributed by atoms with E-state index in [0.717, 1.165) is 22.9 Å². The standard InChI is InChI=1S/C15H22ClNS/c1-2-9-17-13-6-4-8-15(11-13)18-14-7-3-5-12(16)10-14/h3,5,7,10,13,15,17H,2,4,6,8-9,11H2,1H3. The Hall–Kier alpha value is -0.180. The van der Waals surface area contributed by atoms with E-state index in [2.05, 4.69) is 24.4 Å². The van der Waals surface area contributed by atoms with Gasteiger partial charge in [-0.2, -0.15) is 0 Å². The zero-order valence-corrected chi connectivity index (χ0v) is 12.6. The smallest absolute Gasteiger partial charge is 0.0417 e.